The highest BCUT2D eigenvalue weighted by Crippen LogP contribution is 2.29. The van der Waals surface area contributed by atoms with E-state index in [-0.39, 0.29) is 5.91 Å². The van der Waals surface area contributed by atoms with Crippen LogP contribution in [-0.2, 0) is 11.3 Å². The summed E-state index contributed by atoms with van der Waals surface area (Å²) in [5.41, 5.74) is 0.857. The minimum atomic E-state index is 0.0682. The molecular formula is C19H25ClN4OS. The van der Waals surface area contributed by atoms with Gasteiger partial charge in [-0.25, -0.2) is 0 Å². The van der Waals surface area contributed by atoms with Crippen molar-refractivity contribution in [3.8, 4) is 11.4 Å². The number of rotatable bonds is 6. The molecule has 1 aliphatic carbocycles. The maximum absolute atomic E-state index is 12.4. The predicted molar refractivity (Wildman–Crippen MR) is 106 cm³/mol. The molecule has 26 heavy (non-hydrogen) atoms. The molecule has 1 aromatic heterocycles. The van der Waals surface area contributed by atoms with Crippen LogP contribution < -0.4 is 5.32 Å². The van der Waals surface area contributed by atoms with Gasteiger partial charge < -0.3 is 9.88 Å². The normalized spacial score (nSPS) is 20.1. The molecule has 2 atom stereocenters. The van der Waals surface area contributed by atoms with Crippen LogP contribution in [0.15, 0.2) is 29.4 Å². The Labute approximate surface area is 163 Å². The molecule has 0 radical (unpaired) electrons. The highest BCUT2D eigenvalue weighted by Gasteiger charge is 2.23. The Hall–Kier alpha value is -1.53. The Morgan fingerprint density at radius 3 is 2.81 bits per heavy atom. The number of thioether (sulfide) groups is 1. The van der Waals surface area contributed by atoms with Gasteiger partial charge >= 0.3 is 0 Å². The van der Waals surface area contributed by atoms with Crippen LogP contribution in [0.4, 0.5) is 0 Å². The number of nitrogens with zero attached hydrogens (tertiary/aromatic N) is 3. The predicted octanol–water partition coefficient (Wildman–Crippen LogP) is 4.41. The zero-order valence-corrected chi connectivity index (χ0v) is 16.8. The van der Waals surface area contributed by atoms with Crippen LogP contribution >= 0.6 is 23.4 Å². The first-order chi connectivity index (χ1) is 12.6. The standard InChI is InChI=1S/C19H25ClN4OS/c1-3-24-18(14-9-5-6-10-15(14)20)22-23-19(24)26-12-17(25)21-16-11-7-4-8-13(16)2/h5-6,9-10,13,16H,3-4,7-8,11-12H2,1-2H3,(H,21,25)/t13-,16+/m1/s1. The van der Waals surface area contributed by atoms with Crippen molar-refractivity contribution in [2.24, 2.45) is 5.92 Å². The van der Waals surface area contributed by atoms with E-state index < -0.39 is 0 Å². The average molecular weight is 393 g/mol. The number of carbonyl (C=O) groups excluding carboxylic acids is 1. The summed E-state index contributed by atoms with van der Waals surface area (Å²) < 4.78 is 2.00. The molecule has 1 heterocycles. The third-order valence-corrected chi connectivity index (χ3v) is 6.23. The van der Waals surface area contributed by atoms with E-state index in [1.165, 1.54) is 31.0 Å². The Bertz CT molecular complexity index is 764. The summed E-state index contributed by atoms with van der Waals surface area (Å²) in [6, 6.07) is 7.91. The van der Waals surface area contributed by atoms with E-state index in [1.807, 2.05) is 35.8 Å². The van der Waals surface area contributed by atoms with E-state index in [2.05, 4.69) is 22.4 Å². The zero-order chi connectivity index (χ0) is 18.5. The van der Waals surface area contributed by atoms with Crippen molar-refractivity contribution in [1.29, 1.82) is 0 Å². The Morgan fingerprint density at radius 1 is 1.31 bits per heavy atom. The molecule has 140 valence electrons. The number of amides is 1. The van der Waals surface area contributed by atoms with Gasteiger partial charge in [0.2, 0.25) is 5.91 Å². The molecule has 7 heteroatoms. The summed E-state index contributed by atoms with van der Waals surface area (Å²) in [4.78, 5) is 12.4. The van der Waals surface area contributed by atoms with Crippen molar-refractivity contribution in [2.75, 3.05) is 5.75 Å². The van der Waals surface area contributed by atoms with Crippen LogP contribution in [0.25, 0.3) is 11.4 Å². The summed E-state index contributed by atoms with van der Waals surface area (Å²) >= 11 is 7.72. The zero-order valence-electron chi connectivity index (χ0n) is 15.2. The maximum Gasteiger partial charge on any atom is 0.230 e. The van der Waals surface area contributed by atoms with Gasteiger partial charge in [0.05, 0.1) is 10.8 Å². The molecule has 5 nitrogen and oxygen atoms in total. The van der Waals surface area contributed by atoms with Gasteiger partial charge in [-0.1, -0.05) is 55.3 Å². The van der Waals surface area contributed by atoms with E-state index >= 15 is 0 Å². The van der Waals surface area contributed by atoms with Crippen molar-refractivity contribution < 1.29 is 4.79 Å². The topological polar surface area (TPSA) is 59.8 Å². The van der Waals surface area contributed by atoms with Crippen LogP contribution in [-0.4, -0.2) is 32.5 Å². The molecule has 1 saturated carbocycles. The number of nitrogens with one attached hydrogen (secondary N) is 1. The van der Waals surface area contributed by atoms with E-state index in [1.54, 1.807) is 0 Å². The van der Waals surface area contributed by atoms with Crippen molar-refractivity contribution in [2.45, 2.75) is 57.3 Å². The first-order valence-electron chi connectivity index (χ1n) is 9.20. The number of benzene rings is 1. The van der Waals surface area contributed by atoms with Crippen molar-refractivity contribution >= 4 is 29.3 Å². The number of hydrogen-bond acceptors (Lipinski definition) is 4. The van der Waals surface area contributed by atoms with Gasteiger partial charge in [0.15, 0.2) is 11.0 Å². The molecule has 1 aromatic carbocycles. The van der Waals surface area contributed by atoms with E-state index in [4.69, 9.17) is 11.6 Å². The number of hydrogen-bond donors (Lipinski definition) is 1. The fourth-order valence-corrected chi connectivity index (χ4v) is 4.47. The second-order valence-corrected chi connectivity index (χ2v) is 8.10. The van der Waals surface area contributed by atoms with Crippen molar-refractivity contribution in [3.63, 3.8) is 0 Å². The molecular weight excluding hydrogens is 368 g/mol. The Kier molecular flexibility index (Phi) is 6.59. The van der Waals surface area contributed by atoms with E-state index in [9.17, 15) is 4.79 Å². The maximum atomic E-state index is 12.4. The second kappa shape index (κ2) is 8.91. The molecule has 0 bridgehead atoms. The molecule has 1 fully saturated rings. The molecule has 1 aliphatic rings. The molecule has 0 aliphatic heterocycles. The fraction of sp³-hybridized carbons (Fsp3) is 0.526. The molecule has 1 N–H and O–H groups in total. The van der Waals surface area contributed by atoms with Crippen molar-refractivity contribution in [3.05, 3.63) is 29.3 Å². The lowest BCUT2D eigenvalue weighted by Gasteiger charge is -2.29. The summed E-state index contributed by atoms with van der Waals surface area (Å²) in [6.07, 6.45) is 4.75. The van der Waals surface area contributed by atoms with Crippen LogP contribution in [0.1, 0.15) is 39.5 Å². The minimum absolute atomic E-state index is 0.0682. The second-order valence-electron chi connectivity index (χ2n) is 6.75. The molecule has 3 rings (SSSR count). The average Bonchev–Trinajstić information content (AvgIpc) is 3.05. The first-order valence-corrected chi connectivity index (χ1v) is 10.6. The summed E-state index contributed by atoms with van der Waals surface area (Å²) in [5, 5.41) is 13.2. The highest BCUT2D eigenvalue weighted by molar-refractivity contribution is 7.99. The number of aromatic nitrogens is 3. The molecule has 2 aromatic rings. The summed E-state index contributed by atoms with van der Waals surface area (Å²) in [6.45, 7) is 4.98. The van der Waals surface area contributed by atoms with Gasteiger partial charge in [0.1, 0.15) is 0 Å². The van der Waals surface area contributed by atoms with Gasteiger partial charge in [-0.2, -0.15) is 0 Å². The van der Waals surface area contributed by atoms with Crippen molar-refractivity contribution in [1.82, 2.24) is 20.1 Å². The quantitative estimate of drug-likeness (QED) is 0.740. The number of halogens is 1. The lowest BCUT2D eigenvalue weighted by Crippen LogP contribution is -2.41. The SMILES string of the molecule is CCn1c(SCC(=O)N[C@H]2CCCC[C@H]2C)nnc1-c1ccccc1Cl. The Morgan fingerprint density at radius 2 is 2.08 bits per heavy atom. The molecule has 0 spiro atoms. The minimum Gasteiger partial charge on any atom is -0.352 e. The van der Waals surface area contributed by atoms with E-state index in [0.717, 1.165) is 29.5 Å². The molecule has 1 amide bonds. The van der Waals surface area contributed by atoms with Gasteiger partial charge in [0.25, 0.3) is 0 Å². The van der Waals surface area contributed by atoms with Gasteiger partial charge in [-0.15, -0.1) is 10.2 Å². The fourth-order valence-electron chi connectivity index (χ4n) is 3.43. The highest BCUT2D eigenvalue weighted by atomic mass is 35.5. The molecule has 0 unspecified atom stereocenters. The third kappa shape index (κ3) is 4.41. The Balaban J connectivity index is 1.65. The van der Waals surface area contributed by atoms with Crippen LogP contribution in [0.2, 0.25) is 5.02 Å². The lowest BCUT2D eigenvalue weighted by atomic mass is 9.86. The monoisotopic (exact) mass is 392 g/mol. The van der Waals surface area contributed by atoms with Crippen LogP contribution in [0, 0.1) is 5.92 Å². The summed E-state index contributed by atoms with van der Waals surface area (Å²) in [7, 11) is 0. The summed E-state index contributed by atoms with van der Waals surface area (Å²) in [5.74, 6) is 1.72. The number of carbonyl (C=O) groups is 1. The van der Waals surface area contributed by atoms with Gasteiger partial charge in [-0.05, 0) is 37.8 Å². The first kappa shape index (κ1) is 19.2. The van der Waals surface area contributed by atoms with Gasteiger partial charge in [-0.3, -0.25) is 4.79 Å². The smallest absolute Gasteiger partial charge is 0.230 e. The van der Waals surface area contributed by atoms with E-state index in [0.29, 0.717) is 22.7 Å². The van der Waals surface area contributed by atoms with Crippen LogP contribution in [0.5, 0.6) is 0 Å². The largest absolute Gasteiger partial charge is 0.352 e. The third-order valence-electron chi connectivity index (χ3n) is 4.94. The lowest BCUT2D eigenvalue weighted by molar-refractivity contribution is -0.119. The van der Waals surface area contributed by atoms with Gasteiger partial charge in [0, 0.05) is 18.2 Å². The molecule has 0 saturated heterocycles. The van der Waals surface area contributed by atoms with Crippen LogP contribution in [0.3, 0.4) is 0 Å².